The summed E-state index contributed by atoms with van der Waals surface area (Å²) in [6.45, 7) is 1.59. The number of halogens is 3. The number of hydrogen-bond donors (Lipinski definition) is 2. The summed E-state index contributed by atoms with van der Waals surface area (Å²) in [6.07, 6.45) is -0.825. The lowest BCUT2D eigenvalue weighted by atomic mass is 10.2. The number of anilines is 1. The van der Waals surface area contributed by atoms with E-state index in [0.717, 1.165) is 11.3 Å². The molecule has 2 N–H and O–H groups in total. The number of rotatable bonds is 5. The van der Waals surface area contributed by atoms with E-state index in [2.05, 4.69) is 15.6 Å². The summed E-state index contributed by atoms with van der Waals surface area (Å²) in [5.41, 5.74) is 1.70. The number of aromatic nitrogens is 1. The van der Waals surface area contributed by atoms with E-state index in [-0.39, 0.29) is 5.11 Å². The summed E-state index contributed by atoms with van der Waals surface area (Å²) in [7, 11) is 0. The van der Waals surface area contributed by atoms with Crippen molar-refractivity contribution in [1.29, 1.82) is 0 Å². The van der Waals surface area contributed by atoms with Gasteiger partial charge in [-0.05, 0) is 49.5 Å². The molecular formula is C19H14Cl3N3O2S2. The molecule has 0 saturated heterocycles. The summed E-state index contributed by atoms with van der Waals surface area (Å²) in [6, 6.07) is 12.1. The van der Waals surface area contributed by atoms with Gasteiger partial charge in [0.15, 0.2) is 16.3 Å². The molecule has 10 heteroatoms. The first-order chi connectivity index (χ1) is 13.8. The number of carbonyl (C=O) groups is 1. The highest BCUT2D eigenvalue weighted by Gasteiger charge is 2.18. The monoisotopic (exact) mass is 485 g/mol. The van der Waals surface area contributed by atoms with E-state index in [0.29, 0.717) is 25.9 Å². The van der Waals surface area contributed by atoms with Crippen LogP contribution in [0.25, 0.3) is 11.3 Å². The molecule has 3 aromatic rings. The van der Waals surface area contributed by atoms with Gasteiger partial charge in [-0.15, -0.1) is 11.3 Å². The fraction of sp³-hybridized carbons (Fsp3) is 0.105. The molecule has 0 aliphatic carbocycles. The average Bonchev–Trinajstić information content (AvgIpc) is 3.12. The predicted octanol–water partition coefficient (Wildman–Crippen LogP) is 6.05. The van der Waals surface area contributed by atoms with Gasteiger partial charge >= 0.3 is 0 Å². The van der Waals surface area contributed by atoms with E-state index in [1.165, 1.54) is 17.4 Å². The molecule has 1 unspecified atom stereocenters. The zero-order valence-electron chi connectivity index (χ0n) is 14.9. The molecule has 1 atom stereocenters. The predicted molar refractivity (Wildman–Crippen MR) is 123 cm³/mol. The smallest absolute Gasteiger partial charge is 0.266 e. The molecule has 29 heavy (non-hydrogen) atoms. The first kappa shape index (κ1) is 21.8. The third kappa shape index (κ3) is 6.04. The molecule has 0 fully saturated rings. The molecule has 5 nitrogen and oxygen atoms in total. The second kappa shape index (κ2) is 9.73. The molecule has 0 aliphatic rings. The number of thiocarbonyl (C=S) groups is 1. The number of thiazole rings is 1. The minimum atomic E-state index is -0.825. The second-order valence-electron chi connectivity index (χ2n) is 5.82. The van der Waals surface area contributed by atoms with Crippen LogP contribution in [-0.2, 0) is 4.79 Å². The van der Waals surface area contributed by atoms with E-state index >= 15 is 0 Å². The molecule has 1 heterocycles. The molecule has 150 valence electrons. The van der Waals surface area contributed by atoms with E-state index in [4.69, 9.17) is 51.8 Å². The van der Waals surface area contributed by atoms with Gasteiger partial charge in [0.05, 0.1) is 10.7 Å². The van der Waals surface area contributed by atoms with Gasteiger partial charge in [0.1, 0.15) is 5.75 Å². The van der Waals surface area contributed by atoms with Crippen molar-refractivity contribution < 1.29 is 9.53 Å². The Bertz CT molecular complexity index is 1040. The first-order valence-corrected chi connectivity index (χ1v) is 10.7. The molecule has 0 spiro atoms. The number of amides is 1. The molecule has 0 radical (unpaired) electrons. The van der Waals surface area contributed by atoms with Crippen LogP contribution >= 0.6 is 58.4 Å². The van der Waals surface area contributed by atoms with Crippen molar-refractivity contribution >= 4 is 74.5 Å². The summed E-state index contributed by atoms with van der Waals surface area (Å²) in [4.78, 5) is 16.8. The molecular weight excluding hydrogens is 473 g/mol. The lowest BCUT2D eigenvalue weighted by molar-refractivity contribution is -0.125. The van der Waals surface area contributed by atoms with Crippen LogP contribution in [-0.4, -0.2) is 22.1 Å². The Morgan fingerprint density at radius 1 is 1.14 bits per heavy atom. The van der Waals surface area contributed by atoms with Crippen LogP contribution in [0.2, 0.25) is 15.1 Å². The largest absolute Gasteiger partial charge is 0.479 e. The van der Waals surface area contributed by atoms with Crippen molar-refractivity contribution in [3.63, 3.8) is 0 Å². The fourth-order valence-corrected chi connectivity index (χ4v) is 3.81. The average molecular weight is 487 g/mol. The van der Waals surface area contributed by atoms with E-state index in [1.807, 2.05) is 17.5 Å². The van der Waals surface area contributed by atoms with Crippen LogP contribution in [0.3, 0.4) is 0 Å². The highest BCUT2D eigenvalue weighted by Crippen LogP contribution is 2.28. The number of carbonyl (C=O) groups excluding carboxylic acids is 1. The zero-order chi connectivity index (χ0) is 21.0. The summed E-state index contributed by atoms with van der Waals surface area (Å²) in [5.74, 6) is -0.0758. The zero-order valence-corrected chi connectivity index (χ0v) is 18.8. The van der Waals surface area contributed by atoms with E-state index in [9.17, 15) is 4.79 Å². The summed E-state index contributed by atoms with van der Waals surface area (Å²) < 4.78 is 5.57. The molecule has 3 rings (SSSR count). The van der Waals surface area contributed by atoms with Crippen LogP contribution in [0.1, 0.15) is 6.92 Å². The van der Waals surface area contributed by atoms with E-state index in [1.54, 1.807) is 31.2 Å². The highest BCUT2D eigenvalue weighted by molar-refractivity contribution is 7.80. The van der Waals surface area contributed by atoms with Gasteiger partial charge in [-0.2, -0.15) is 0 Å². The van der Waals surface area contributed by atoms with Gasteiger partial charge in [0.2, 0.25) is 0 Å². The normalized spacial score (nSPS) is 11.6. The van der Waals surface area contributed by atoms with Crippen LogP contribution in [0.15, 0.2) is 47.8 Å². The van der Waals surface area contributed by atoms with Crippen molar-refractivity contribution in [1.82, 2.24) is 10.3 Å². The number of benzene rings is 2. The Kier molecular flexibility index (Phi) is 7.32. The number of nitrogens with zero attached hydrogens (tertiary/aromatic N) is 1. The SMILES string of the molecule is CC(Oc1ccc(Cl)cc1Cl)C(=O)NC(=S)Nc1nc(-c2ccc(Cl)cc2)cs1. The minimum absolute atomic E-state index is 0.115. The molecule has 2 aromatic carbocycles. The quantitative estimate of drug-likeness (QED) is 0.430. The Labute approximate surface area is 192 Å². The molecule has 0 bridgehead atoms. The van der Waals surface area contributed by atoms with Crippen molar-refractivity contribution in [2.45, 2.75) is 13.0 Å². The Morgan fingerprint density at radius 2 is 1.83 bits per heavy atom. The standard InChI is InChI=1S/C19H14Cl3N3O2S2/c1-10(27-16-7-6-13(21)8-14(16)22)17(26)24-18(28)25-19-23-15(9-29-19)11-2-4-12(20)5-3-11/h2-10H,1H3,(H2,23,24,25,26,28). The van der Waals surface area contributed by atoms with Gasteiger partial charge in [0, 0.05) is 21.0 Å². The van der Waals surface area contributed by atoms with Gasteiger partial charge in [-0.1, -0.05) is 46.9 Å². The van der Waals surface area contributed by atoms with Crippen LogP contribution in [0.4, 0.5) is 5.13 Å². The summed E-state index contributed by atoms with van der Waals surface area (Å²) >= 11 is 24.4. The Hall–Kier alpha value is -1.90. The first-order valence-electron chi connectivity index (χ1n) is 8.27. The Morgan fingerprint density at radius 3 is 2.52 bits per heavy atom. The number of ether oxygens (including phenoxy) is 1. The van der Waals surface area contributed by atoms with Crippen LogP contribution in [0.5, 0.6) is 5.75 Å². The van der Waals surface area contributed by atoms with Crippen molar-refractivity contribution in [2.24, 2.45) is 0 Å². The van der Waals surface area contributed by atoms with Gasteiger partial charge in [0.25, 0.3) is 5.91 Å². The van der Waals surface area contributed by atoms with Crippen molar-refractivity contribution in [2.75, 3.05) is 5.32 Å². The number of hydrogen-bond acceptors (Lipinski definition) is 5. The molecule has 0 saturated carbocycles. The lowest BCUT2D eigenvalue weighted by Crippen LogP contribution is -2.42. The summed E-state index contributed by atoms with van der Waals surface area (Å²) in [5, 5.41) is 9.46. The molecule has 1 amide bonds. The number of nitrogens with one attached hydrogen (secondary N) is 2. The lowest BCUT2D eigenvalue weighted by Gasteiger charge is -2.16. The third-order valence-electron chi connectivity index (χ3n) is 3.67. The van der Waals surface area contributed by atoms with Gasteiger partial charge < -0.3 is 10.1 Å². The maximum absolute atomic E-state index is 12.3. The topological polar surface area (TPSA) is 63.2 Å². The van der Waals surface area contributed by atoms with Crippen molar-refractivity contribution in [3.05, 3.63) is 62.9 Å². The molecule has 0 aliphatic heterocycles. The van der Waals surface area contributed by atoms with Gasteiger partial charge in [-0.25, -0.2) is 4.98 Å². The maximum Gasteiger partial charge on any atom is 0.266 e. The van der Waals surface area contributed by atoms with Crippen molar-refractivity contribution in [3.8, 4) is 17.0 Å². The fourth-order valence-electron chi connectivity index (χ4n) is 2.24. The second-order valence-corrected chi connectivity index (χ2v) is 8.37. The Balaban J connectivity index is 1.56. The van der Waals surface area contributed by atoms with Gasteiger partial charge in [-0.3, -0.25) is 10.1 Å². The third-order valence-corrected chi connectivity index (χ3v) is 5.41. The minimum Gasteiger partial charge on any atom is -0.479 e. The maximum atomic E-state index is 12.3. The van der Waals surface area contributed by atoms with Crippen LogP contribution < -0.4 is 15.4 Å². The van der Waals surface area contributed by atoms with Crippen LogP contribution in [0, 0.1) is 0 Å². The van der Waals surface area contributed by atoms with E-state index < -0.39 is 12.0 Å². The highest BCUT2D eigenvalue weighted by atomic mass is 35.5. The molecule has 1 aromatic heterocycles.